The number of nitrogens with zero attached hydrogens (tertiary/aromatic N) is 2. The highest BCUT2D eigenvalue weighted by molar-refractivity contribution is 5.91. The molecule has 0 radical (unpaired) electrons. The Labute approximate surface area is 180 Å². The number of carbonyl (C=O) groups is 2. The molecule has 0 spiro atoms. The third kappa shape index (κ3) is 4.76. The van der Waals surface area contributed by atoms with Crippen molar-refractivity contribution in [2.45, 2.75) is 25.5 Å². The minimum absolute atomic E-state index is 0.164. The average Bonchev–Trinajstić information content (AvgIpc) is 3.29. The van der Waals surface area contributed by atoms with E-state index in [-0.39, 0.29) is 18.4 Å². The molecule has 1 saturated heterocycles. The Hall–Kier alpha value is -3.23. The SMILES string of the molecule is Cc1cccc(OC2CNC(C(=O)N3CC=C(c4ccccc4)C3)C(C(=O)NO)C2)n1. The normalized spacial score (nSPS) is 23.2. The summed E-state index contributed by atoms with van der Waals surface area (Å²) in [4.78, 5) is 31.7. The topological polar surface area (TPSA) is 104 Å². The number of hydroxylamine groups is 1. The van der Waals surface area contributed by atoms with Crippen LogP contribution in [0, 0.1) is 12.8 Å². The van der Waals surface area contributed by atoms with Crippen molar-refractivity contribution in [3.63, 3.8) is 0 Å². The van der Waals surface area contributed by atoms with Crippen LogP contribution in [0.1, 0.15) is 17.7 Å². The van der Waals surface area contributed by atoms with E-state index in [4.69, 9.17) is 4.74 Å². The number of carbonyl (C=O) groups excluding carboxylic acids is 2. The van der Waals surface area contributed by atoms with Crippen molar-refractivity contribution >= 4 is 17.4 Å². The first kappa shape index (κ1) is 21.0. The highest BCUT2D eigenvalue weighted by Crippen LogP contribution is 2.26. The third-order valence-corrected chi connectivity index (χ3v) is 5.72. The molecule has 8 nitrogen and oxygen atoms in total. The number of rotatable bonds is 5. The predicted molar refractivity (Wildman–Crippen MR) is 114 cm³/mol. The van der Waals surface area contributed by atoms with Gasteiger partial charge in [0.1, 0.15) is 6.10 Å². The maximum Gasteiger partial charge on any atom is 0.248 e. The van der Waals surface area contributed by atoms with Gasteiger partial charge in [0.15, 0.2) is 0 Å². The van der Waals surface area contributed by atoms with E-state index < -0.39 is 17.9 Å². The minimum Gasteiger partial charge on any atom is -0.473 e. The van der Waals surface area contributed by atoms with Gasteiger partial charge in [-0.05, 0) is 30.5 Å². The summed E-state index contributed by atoms with van der Waals surface area (Å²) in [6.07, 6.45) is 1.97. The molecule has 3 unspecified atom stereocenters. The average molecular weight is 422 g/mol. The lowest BCUT2D eigenvalue weighted by atomic mass is 9.87. The smallest absolute Gasteiger partial charge is 0.248 e. The zero-order valence-corrected chi connectivity index (χ0v) is 17.3. The van der Waals surface area contributed by atoms with Crippen molar-refractivity contribution < 1.29 is 19.5 Å². The lowest BCUT2D eigenvalue weighted by Gasteiger charge is -2.36. The maximum absolute atomic E-state index is 13.2. The summed E-state index contributed by atoms with van der Waals surface area (Å²) < 4.78 is 5.92. The summed E-state index contributed by atoms with van der Waals surface area (Å²) in [6, 6.07) is 14.7. The molecular weight excluding hydrogens is 396 g/mol. The van der Waals surface area contributed by atoms with E-state index in [1.165, 1.54) is 0 Å². The molecule has 0 aliphatic carbocycles. The standard InChI is InChI=1S/C23H26N4O4/c1-15-6-5-9-20(25-15)31-18-12-19(22(28)26-30)21(24-13-18)23(29)27-11-10-17(14-27)16-7-3-2-4-8-16/h2-10,18-19,21,24,30H,11-14H2,1H3,(H,26,28). The van der Waals surface area contributed by atoms with Gasteiger partial charge >= 0.3 is 0 Å². The fourth-order valence-electron chi connectivity index (χ4n) is 4.13. The summed E-state index contributed by atoms with van der Waals surface area (Å²) in [7, 11) is 0. The molecule has 162 valence electrons. The molecule has 2 amide bonds. The Morgan fingerprint density at radius 1 is 1.19 bits per heavy atom. The molecule has 0 bridgehead atoms. The van der Waals surface area contributed by atoms with Crippen LogP contribution < -0.4 is 15.5 Å². The molecule has 31 heavy (non-hydrogen) atoms. The van der Waals surface area contributed by atoms with Gasteiger partial charge in [0, 0.05) is 31.4 Å². The largest absolute Gasteiger partial charge is 0.473 e. The second-order valence-corrected chi connectivity index (χ2v) is 7.88. The molecule has 1 fully saturated rings. The first-order chi connectivity index (χ1) is 15.0. The second-order valence-electron chi connectivity index (χ2n) is 7.88. The molecule has 2 aromatic rings. The van der Waals surface area contributed by atoms with Crippen molar-refractivity contribution in [3.8, 4) is 5.88 Å². The summed E-state index contributed by atoms with van der Waals surface area (Å²) in [6.45, 7) is 3.24. The monoisotopic (exact) mass is 422 g/mol. The van der Waals surface area contributed by atoms with Crippen molar-refractivity contribution in [1.29, 1.82) is 0 Å². The van der Waals surface area contributed by atoms with Crippen molar-refractivity contribution in [2.75, 3.05) is 19.6 Å². The Bertz CT molecular complexity index is 979. The van der Waals surface area contributed by atoms with E-state index in [0.717, 1.165) is 16.8 Å². The van der Waals surface area contributed by atoms with E-state index in [1.807, 2.05) is 55.5 Å². The number of ether oxygens (including phenoxy) is 1. The van der Waals surface area contributed by atoms with Gasteiger partial charge in [0.25, 0.3) is 0 Å². The van der Waals surface area contributed by atoms with E-state index >= 15 is 0 Å². The number of pyridine rings is 1. The number of benzene rings is 1. The quantitative estimate of drug-likeness (QED) is 0.499. The van der Waals surface area contributed by atoms with Gasteiger partial charge in [-0.2, -0.15) is 0 Å². The number of nitrogens with one attached hydrogen (secondary N) is 2. The molecule has 1 aromatic heterocycles. The fraction of sp³-hybridized carbons (Fsp3) is 0.348. The first-order valence-corrected chi connectivity index (χ1v) is 10.4. The van der Waals surface area contributed by atoms with Crippen LogP contribution in [0.3, 0.4) is 0 Å². The molecular formula is C23H26N4O4. The number of aromatic nitrogens is 1. The highest BCUT2D eigenvalue weighted by atomic mass is 16.5. The summed E-state index contributed by atoms with van der Waals surface area (Å²) in [5.41, 5.74) is 4.70. The van der Waals surface area contributed by atoms with Gasteiger partial charge in [-0.25, -0.2) is 10.5 Å². The minimum atomic E-state index is -0.762. The number of hydrogen-bond donors (Lipinski definition) is 3. The van der Waals surface area contributed by atoms with Gasteiger partial charge in [0.2, 0.25) is 17.7 Å². The van der Waals surface area contributed by atoms with Crippen molar-refractivity contribution in [1.82, 2.24) is 20.7 Å². The number of aryl methyl sites for hydroxylation is 1. The highest BCUT2D eigenvalue weighted by Gasteiger charge is 2.42. The van der Waals surface area contributed by atoms with Gasteiger partial charge in [-0.3, -0.25) is 14.8 Å². The molecule has 8 heteroatoms. The molecule has 1 aromatic carbocycles. The van der Waals surface area contributed by atoms with Crippen LogP contribution in [0.4, 0.5) is 0 Å². The Morgan fingerprint density at radius 2 is 2.00 bits per heavy atom. The summed E-state index contributed by atoms with van der Waals surface area (Å²) in [5, 5.41) is 12.4. The first-order valence-electron chi connectivity index (χ1n) is 10.4. The van der Waals surface area contributed by atoms with Crippen LogP contribution in [-0.4, -0.2) is 58.7 Å². The van der Waals surface area contributed by atoms with E-state index in [1.54, 1.807) is 16.4 Å². The van der Waals surface area contributed by atoms with Gasteiger partial charge in [0.05, 0.1) is 12.0 Å². The fourth-order valence-corrected chi connectivity index (χ4v) is 4.13. The van der Waals surface area contributed by atoms with Crippen LogP contribution in [0.15, 0.2) is 54.6 Å². The zero-order chi connectivity index (χ0) is 21.8. The predicted octanol–water partition coefficient (Wildman–Crippen LogP) is 1.55. The number of amides is 2. The Morgan fingerprint density at radius 3 is 2.74 bits per heavy atom. The van der Waals surface area contributed by atoms with Crippen LogP contribution in [0.5, 0.6) is 5.88 Å². The second kappa shape index (κ2) is 9.28. The van der Waals surface area contributed by atoms with Crippen LogP contribution in [0.2, 0.25) is 0 Å². The van der Waals surface area contributed by atoms with E-state index in [9.17, 15) is 14.8 Å². The third-order valence-electron chi connectivity index (χ3n) is 5.72. The molecule has 2 aliphatic heterocycles. The lowest BCUT2D eigenvalue weighted by molar-refractivity contribution is -0.144. The van der Waals surface area contributed by atoms with Gasteiger partial charge in [-0.15, -0.1) is 0 Å². The summed E-state index contributed by atoms with van der Waals surface area (Å²) in [5.74, 6) is -1.06. The molecule has 4 rings (SSSR count). The number of piperidine rings is 1. The summed E-state index contributed by atoms with van der Waals surface area (Å²) >= 11 is 0. The van der Waals surface area contributed by atoms with Crippen LogP contribution in [-0.2, 0) is 9.59 Å². The molecule has 0 saturated carbocycles. The lowest BCUT2D eigenvalue weighted by Crippen LogP contribution is -2.60. The van der Waals surface area contributed by atoms with Gasteiger partial charge < -0.3 is 15.0 Å². The zero-order valence-electron chi connectivity index (χ0n) is 17.3. The molecule has 3 heterocycles. The maximum atomic E-state index is 13.2. The van der Waals surface area contributed by atoms with Crippen LogP contribution in [0.25, 0.3) is 5.57 Å². The van der Waals surface area contributed by atoms with E-state index in [2.05, 4.69) is 10.3 Å². The van der Waals surface area contributed by atoms with Crippen molar-refractivity contribution in [2.24, 2.45) is 5.92 Å². The van der Waals surface area contributed by atoms with Crippen LogP contribution >= 0.6 is 0 Å². The molecule has 3 N–H and O–H groups in total. The van der Waals surface area contributed by atoms with Crippen molar-refractivity contribution in [3.05, 3.63) is 65.9 Å². The van der Waals surface area contributed by atoms with Gasteiger partial charge in [-0.1, -0.05) is 42.5 Å². The Kier molecular flexibility index (Phi) is 6.29. The Balaban J connectivity index is 1.43. The van der Waals surface area contributed by atoms with E-state index in [0.29, 0.717) is 25.5 Å². The molecule has 2 aliphatic rings. The molecule has 3 atom stereocenters. The number of hydrogen-bond acceptors (Lipinski definition) is 6.